The van der Waals surface area contributed by atoms with E-state index in [2.05, 4.69) is 21.3 Å². The van der Waals surface area contributed by atoms with Gasteiger partial charge in [-0.25, -0.2) is 4.79 Å². The van der Waals surface area contributed by atoms with Gasteiger partial charge in [0, 0.05) is 25.0 Å². The van der Waals surface area contributed by atoms with E-state index in [1.165, 1.54) is 7.05 Å². The zero-order valence-electron chi connectivity index (χ0n) is 29.9. The van der Waals surface area contributed by atoms with Crippen LogP contribution < -0.4 is 21.3 Å². The second kappa shape index (κ2) is 20.3. The Bertz CT molecular complexity index is 1550. The topological polar surface area (TPSA) is 166 Å². The summed E-state index contributed by atoms with van der Waals surface area (Å²) in [6, 6.07) is 18.0. The highest BCUT2D eigenvalue weighted by Gasteiger charge is 2.31. The van der Waals surface area contributed by atoms with Gasteiger partial charge in [-0.3, -0.25) is 14.4 Å². The van der Waals surface area contributed by atoms with Gasteiger partial charge in [-0.15, -0.1) is 0 Å². The second-order valence-electron chi connectivity index (χ2n) is 13.2. The van der Waals surface area contributed by atoms with Crippen molar-refractivity contribution < 1.29 is 34.1 Å². The first kappa shape index (κ1) is 40.0. The molecular weight excluding hydrogens is 636 g/mol. The molecule has 3 aromatic carbocycles. The molecule has 0 aliphatic heterocycles. The summed E-state index contributed by atoms with van der Waals surface area (Å²) in [5, 5.41) is 33.9. The van der Waals surface area contributed by atoms with Crippen LogP contribution >= 0.6 is 0 Å². The number of anilines is 1. The fourth-order valence-electron chi connectivity index (χ4n) is 5.93. The summed E-state index contributed by atoms with van der Waals surface area (Å²) in [6.45, 7) is 7.48. The number of amides is 3. The van der Waals surface area contributed by atoms with Crippen LogP contribution in [0, 0.1) is 11.8 Å². The fourth-order valence-corrected chi connectivity index (χ4v) is 5.93. The number of hydrogen-bond donors (Lipinski definition) is 6. The molecule has 0 saturated carbocycles. The average molecular weight is 691 g/mol. The minimum atomic E-state index is -1.05. The minimum absolute atomic E-state index is 0.0615. The number of rotatable bonds is 20. The summed E-state index contributed by atoms with van der Waals surface area (Å²) in [4.78, 5) is 53.1. The molecule has 2 unspecified atom stereocenters. The van der Waals surface area contributed by atoms with E-state index in [-0.39, 0.29) is 43.4 Å². The predicted molar refractivity (Wildman–Crippen MR) is 195 cm³/mol. The van der Waals surface area contributed by atoms with Gasteiger partial charge in [0.25, 0.3) is 0 Å². The van der Waals surface area contributed by atoms with Crippen molar-refractivity contribution in [1.82, 2.24) is 16.0 Å². The highest BCUT2D eigenvalue weighted by molar-refractivity contribution is 6.07. The van der Waals surface area contributed by atoms with Gasteiger partial charge in [0.1, 0.15) is 18.7 Å². The largest absolute Gasteiger partial charge is 0.457 e. The van der Waals surface area contributed by atoms with Crippen LogP contribution in [0.1, 0.15) is 82.1 Å². The lowest BCUT2D eigenvalue weighted by Gasteiger charge is -2.30. The monoisotopic (exact) mass is 690 g/mol. The number of aliphatic hydroxyl groups is 2. The van der Waals surface area contributed by atoms with Gasteiger partial charge in [0.15, 0.2) is 0 Å². The molecule has 0 aliphatic rings. The number of carbonyl (C=O) groups is 4. The Morgan fingerprint density at radius 3 is 2.18 bits per heavy atom. The third kappa shape index (κ3) is 11.8. The maximum atomic E-state index is 13.7. The van der Waals surface area contributed by atoms with E-state index in [9.17, 15) is 29.4 Å². The Balaban J connectivity index is 1.79. The molecule has 11 nitrogen and oxygen atoms in total. The molecule has 3 amide bonds. The van der Waals surface area contributed by atoms with Gasteiger partial charge >= 0.3 is 5.97 Å². The molecule has 5 atom stereocenters. The van der Waals surface area contributed by atoms with Gasteiger partial charge in [-0.2, -0.15) is 0 Å². The molecule has 272 valence electrons. The lowest BCUT2D eigenvalue weighted by atomic mass is 9.90. The smallest absolute Gasteiger partial charge is 0.340 e. The zero-order valence-corrected chi connectivity index (χ0v) is 29.9. The Morgan fingerprint density at radius 1 is 0.820 bits per heavy atom. The third-order valence-corrected chi connectivity index (χ3v) is 8.73. The molecule has 6 N–H and O–H groups in total. The first-order valence-electron chi connectivity index (χ1n) is 17.6. The quantitative estimate of drug-likeness (QED) is 0.0929. The summed E-state index contributed by atoms with van der Waals surface area (Å²) < 4.78 is 5.64. The van der Waals surface area contributed by atoms with Crippen LogP contribution in [0.3, 0.4) is 0 Å². The van der Waals surface area contributed by atoms with E-state index in [4.69, 9.17) is 4.74 Å². The zero-order chi connectivity index (χ0) is 36.6. The minimum Gasteiger partial charge on any atom is -0.457 e. The summed E-state index contributed by atoms with van der Waals surface area (Å²) >= 11 is 0. The normalized spacial score (nSPS) is 14.2. The standard InChI is InChI=1S/C39H54N4O7/c1-6-7-17-32(38(48)43-33(22-25(2)3)34(45)23-29(20-21-44)37(47)40-5)42-36(46)26(4)41-35-30-16-12-11-15-28(30)18-19-31(35)39(49)50-24-27-13-9-8-10-14-27/h8-16,18-19,25-26,29,32-34,41,44-45H,6-7,17,20-24H2,1-5H3,(H,40,47)(H,42,46)(H,43,48)/t26?,29?,32-,33-,34-/m0/s1. The van der Waals surface area contributed by atoms with Crippen LogP contribution in [-0.4, -0.2) is 71.8 Å². The number of fused-ring (bicyclic) bond motifs is 1. The van der Waals surface area contributed by atoms with E-state index in [1.54, 1.807) is 13.0 Å². The summed E-state index contributed by atoms with van der Waals surface area (Å²) in [5.41, 5.74) is 1.58. The number of carbonyl (C=O) groups excluding carboxylic acids is 4. The molecule has 50 heavy (non-hydrogen) atoms. The van der Waals surface area contributed by atoms with Gasteiger partial charge in [-0.1, -0.05) is 94.3 Å². The number of aliphatic hydroxyl groups excluding tert-OH is 2. The average Bonchev–Trinajstić information content (AvgIpc) is 3.11. The van der Waals surface area contributed by atoms with Crippen LogP contribution in [-0.2, 0) is 25.7 Å². The number of nitrogens with one attached hydrogen (secondary N) is 4. The van der Waals surface area contributed by atoms with E-state index in [1.807, 2.05) is 81.4 Å². The number of ether oxygens (including phenoxy) is 1. The second-order valence-corrected chi connectivity index (χ2v) is 13.2. The molecule has 0 heterocycles. The van der Waals surface area contributed by atoms with E-state index < -0.39 is 47.9 Å². The molecule has 3 rings (SSSR count). The highest BCUT2D eigenvalue weighted by Crippen LogP contribution is 2.29. The summed E-state index contributed by atoms with van der Waals surface area (Å²) in [7, 11) is 1.50. The van der Waals surface area contributed by atoms with Crippen molar-refractivity contribution in [2.24, 2.45) is 11.8 Å². The first-order valence-corrected chi connectivity index (χ1v) is 17.6. The highest BCUT2D eigenvalue weighted by atomic mass is 16.5. The Morgan fingerprint density at radius 2 is 1.52 bits per heavy atom. The summed E-state index contributed by atoms with van der Waals surface area (Å²) in [6.07, 6.45) is 1.49. The van der Waals surface area contributed by atoms with Crippen LogP contribution in [0.4, 0.5) is 5.69 Å². The van der Waals surface area contributed by atoms with Gasteiger partial charge in [-0.05, 0) is 55.5 Å². The molecule has 3 aromatic rings. The van der Waals surface area contributed by atoms with Gasteiger partial charge < -0.3 is 36.2 Å². The van der Waals surface area contributed by atoms with Crippen molar-refractivity contribution in [1.29, 1.82) is 0 Å². The third-order valence-electron chi connectivity index (χ3n) is 8.73. The fraction of sp³-hybridized carbons (Fsp3) is 0.487. The molecular formula is C39H54N4O7. The molecule has 0 aromatic heterocycles. The Kier molecular flexibility index (Phi) is 16.2. The molecule has 0 saturated heterocycles. The van der Waals surface area contributed by atoms with Gasteiger partial charge in [0.2, 0.25) is 17.7 Å². The number of unbranched alkanes of at least 4 members (excludes halogenated alkanes) is 1. The van der Waals surface area contributed by atoms with Crippen LogP contribution in [0.5, 0.6) is 0 Å². The lowest BCUT2D eigenvalue weighted by molar-refractivity contribution is -0.130. The van der Waals surface area contributed by atoms with Gasteiger partial charge in [0.05, 0.1) is 23.4 Å². The van der Waals surface area contributed by atoms with E-state index in [0.29, 0.717) is 24.9 Å². The molecule has 0 radical (unpaired) electrons. The molecule has 0 aliphatic carbocycles. The van der Waals surface area contributed by atoms with E-state index in [0.717, 1.165) is 22.8 Å². The SMILES string of the molecule is CCCC[C@H](NC(=O)C(C)Nc1c(C(=O)OCc2ccccc2)ccc2ccccc12)C(=O)N[C@@H](CC(C)C)[C@@H](O)CC(CCO)C(=O)NC. The van der Waals surface area contributed by atoms with E-state index >= 15 is 0 Å². The van der Waals surface area contributed by atoms with Crippen molar-refractivity contribution in [3.63, 3.8) is 0 Å². The maximum Gasteiger partial charge on any atom is 0.340 e. The first-order chi connectivity index (χ1) is 24.0. The molecule has 0 fully saturated rings. The van der Waals surface area contributed by atoms with Crippen molar-refractivity contribution >= 4 is 40.2 Å². The van der Waals surface area contributed by atoms with Crippen LogP contribution in [0.25, 0.3) is 10.8 Å². The molecule has 0 bridgehead atoms. The lowest BCUT2D eigenvalue weighted by Crippen LogP contribution is -2.55. The predicted octanol–water partition coefficient (Wildman–Crippen LogP) is 4.70. The maximum absolute atomic E-state index is 13.7. The summed E-state index contributed by atoms with van der Waals surface area (Å²) in [5.74, 6) is -2.21. The van der Waals surface area contributed by atoms with Crippen LogP contribution in [0.15, 0.2) is 66.7 Å². The number of hydrogen-bond acceptors (Lipinski definition) is 8. The Labute approximate surface area is 295 Å². The number of esters is 1. The van der Waals surface area contributed by atoms with Crippen molar-refractivity contribution in [2.45, 2.75) is 97.1 Å². The molecule has 0 spiro atoms. The van der Waals surface area contributed by atoms with Crippen molar-refractivity contribution in [3.05, 3.63) is 77.9 Å². The number of benzene rings is 3. The van der Waals surface area contributed by atoms with Crippen molar-refractivity contribution in [2.75, 3.05) is 19.0 Å². The van der Waals surface area contributed by atoms with Crippen LogP contribution in [0.2, 0.25) is 0 Å². The molecule has 11 heteroatoms. The van der Waals surface area contributed by atoms with Crippen molar-refractivity contribution in [3.8, 4) is 0 Å². The Hall–Kier alpha value is -4.48.